The SMILES string of the molecule is CC(CCC(=O)NCCS(=O)(=O)OCOP(=O)(O)O)C1CCC2C3C(F)CC4CC(OP(=O)(O)O)CCC4(C)C3CCC12C. The predicted molar refractivity (Wildman–Crippen MR) is 157 cm³/mol. The Hall–Kier alpha value is -0.470. The molecule has 256 valence electrons. The fourth-order valence-electron chi connectivity index (χ4n) is 9.58. The molecule has 1 amide bonds. The zero-order valence-electron chi connectivity index (χ0n) is 25.5. The van der Waals surface area contributed by atoms with Crippen LogP contribution in [0.4, 0.5) is 4.39 Å². The third-order valence-corrected chi connectivity index (χ3v) is 13.8. The van der Waals surface area contributed by atoms with Crippen molar-refractivity contribution in [1.82, 2.24) is 5.32 Å². The summed E-state index contributed by atoms with van der Waals surface area (Å²) in [7, 11) is -13.6. The van der Waals surface area contributed by atoms with Gasteiger partial charge in [-0.2, -0.15) is 8.42 Å². The number of phosphoric ester groups is 2. The number of phosphoric acid groups is 2. The summed E-state index contributed by atoms with van der Waals surface area (Å²) >= 11 is 0. The van der Waals surface area contributed by atoms with Gasteiger partial charge in [-0.1, -0.05) is 20.8 Å². The summed E-state index contributed by atoms with van der Waals surface area (Å²) in [6.45, 7) is 5.32. The standard InChI is InChI=1S/C27H48FNO12P2S/c1-17(4-7-24(30)29-12-13-44(37,38)40-16-39-42(31,32)33)20-5-6-21-25-22(9-11-27(20,21)3)26(2)10-8-19(41-43(34,35)36)14-18(26)15-23(25)28/h17-23,25H,4-16H2,1-3H3,(H,29,30)(H2,31,32,33)(H2,34,35,36). The van der Waals surface area contributed by atoms with E-state index in [1.54, 1.807) is 0 Å². The van der Waals surface area contributed by atoms with Crippen LogP contribution in [0.15, 0.2) is 0 Å². The Morgan fingerprint density at radius 2 is 1.66 bits per heavy atom. The van der Waals surface area contributed by atoms with Crippen molar-refractivity contribution in [2.24, 2.45) is 46.3 Å². The first kappa shape index (κ1) is 36.4. The number of fused-ring (bicyclic) bond motifs is 5. The van der Waals surface area contributed by atoms with Crippen LogP contribution in [0, 0.1) is 46.3 Å². The summed E-state index contributed by atoms with van der Waals surface area (Å²) in [6, 6.07) is 0. The molecule has 0 aromatic heterocycles. The van der Waals surface area contributed by atoms with E-state index in [-0.39, 0.29) is 59.3 Å². The predicted octanol–water partition coefficient (Wildman–Crippen LogP) is 4.02. The van der Waals surface area contributed by atoms with Crippen molar-refractivity contribution in [3.05, 3.63) is 0 Å². The average molecular weight is 692 g/mol. The van der Waals surface area contributed by atoms with Crippen molar-refractivity contribution in [1.29, 1.82) is 0 Å². The normalized spacial score (nSPS) is 38.3. The van der Waals surface area contributed by atoms with Crippen molar-refractivity contribution < 1.29 is 59.5 Å². The Bertz CT molecular complexity index is 1250. The van der Waals surface area contributed by atoms with E-state index >= 15 is 4.39 Å². The van der Waals surface area contributed by atoms with E-state index in [1.807, 2.05) is 0 Å². The minimum Gasteiger partial charge on any atom is -0.355 e. The van der Waals surface area contributed by atoms with E-state index in [9.17, 15) is 32.1 Å². The van der Waals surface area contributed by atoms with Gasteiger partial charge in [-0.3, -0.25) is 13.8 Å². The van der Waals surface area contributed by atoms with Crippen LogP contribution in [-0.2, 0) is 37.3 Å². The highest BCUT2D eigenvalue weighted by molar-refractivity contribution is 7.86. The summed E-state index contributed by atoms with van der Waals surface area (Å²) in [4.78, 5) is 48.3. The lowest BCUT2D eigenvalue weighted by Gasteiger charge is -2.62. The number of hydrogen-bond donors (Lipinski definition) is 5. The fraction of sp³-hybridized carbons (Fsp3) is 0.963. The van der Waals surface area contributed by atoms with Crippen LogP contribution >= 0.6 is 15.6 Å². The van der Waals surface area contributed by atoms with Crippen LogP contribution in [0.1, 0.15) is 85.0 Å². The number of amides is 1. The Kier molecular flexibility index (Phi) is 11.2. The molecule has 0 spiro atoms. The first-order valence-corrected chi connectivity index (χ1v) is 20.1. The highest BCUT2D eigenvalue weighted by atomic mass is 32.2. The quantitative estimate of drug-likeness (QED) is 0.106. The van der Waals surface area contributed by atoms with E-state index in [0.717, 1.165) is 32.1 Å². The largest absolute Gasteiger partial charge is 0.471 e. The molecule has 4 aliphatic carbocycles. The molecule has 4 saturated carbocycles. The van der Waals surface area contributed by atoms with E-state index < -0.39 is 50.6 Å². The van der Waals surface area contributed by atoms with Gasteiger partial charge < -0.3 is 24.9 Å². The molecule has 44 heavy (non-hydrogen) atoms. The van der Waals surface area contributed by atoms with Gasteiger partial charge in [0.05, 0.1) is 11.9 Å². The molecule has 10 atom stereocenters. The molecule has 4 fully saturated rings. The molecule has 0 radical (unpaired) electrons. The zero-order chi connectivity index (χ0) is 32.7. The number of nitrogens with one attached hydrogen (secondary N) is 1. The molecule has 0 aromatic rings. The Labute approximate surface area is 259 Å². The highest BCUT2D eigenvalue weighted by Crippen LogP contribution is 2.69. The maximum atomic E-state index is 16.1. The summed E-state index contributed by atoms with van der Waals surface area (Å²) in [6.07, 6.45) is 5.26. The second-order valence-corrected chi connectivity index (χ2v) is 18.1. The van der Waals surface area contributed by atoms with E-state index in [2.05, 4.69) is 34.8 Å². The van der Waals surface area contributed by atoms with Crippen LogP contribution in [0.2, 0.25) is 0 Å². The van der Waals surface area contributed by atoms with Gasteiger partial charge in [0.1, 0.15) is 6.17 Å². The van der Waals surface area contributed by atoms with Gasteiger partial charge in [-0.15, -0.1) is 0 Å². The van der Waals surface area contributed by atoms with Crippen LogP contribution in [0.5, 0.6) is 0 Å². The second kappa shape index (κ2) is 13.6. The average Bonchev–Trinajstić information content (AvgIpc) is 3.23. The molecule has 10 unspecified atom stereocenters. The van der Waals surface area contributed by atoms with E-state index in [0.29, 0.717) is 31.6 Å². The molecule has 5 N–H and O–H groups in total. The maximum absolute atomic E-state index is 16.1. The van der Waals surface area contributed by atoms with Gasteiger partial charge in [0, 0.05) is 13.0 Å². The number of halogens is 1. The van der Waals surface area contributed by atoms with Gasteiger partial charge in [-0.05, 0) is 104 Å². The Balaban J connectivity index is 1.29. The van der Waals surface area contributed by atoms with E-state index in [1.165, 1.54) is 0 Å². The molecular formula is C27H48FNO12P2S. The molecule has 4 aliphatic rings. The zero-order valence-corrected chi connectivity index (χ0v) is 28.2. The molecule has 4 rings (SSSR count). The van der Waals surface area contributed by atoms with Gasteiger partial charge >= 0.3 is 15.6 Å². The summed E-state index contributed by atoms with van der Waals surface area (Å²) in [5, 5.41) is 2.55. The number of carbonyl (C=O) groups excluding carboxylic acids is 1. The van der Waals surface area contributed by atoms with Crippen molar-refractivity contribution in [3.8, 4) is 0 Å². The number of alkyl halides is 1. The summed E-state index contributed by atoms with van der Waals surface area (Å²) < 4.78 is 75.2. The Morgan fingerprint density at radius 1 is 1.00 bits per heavy atom. The van der Waals surface area contributed by atoms with Crippen molar-refractivity contribution in [2.45, 2.75) is 97.3 Å². The second-order valence-electron chi connectivity index (χ2n) is 13.9. The van der Waals surface area contributed by atoms with Crippen molar-refractivity contribution in [2.75, 3.05) is 19.1 Å². The number of rotatable bonds is 13. The number of hydrogen-bond acceptors (Lipinski definition) is 8. The fourth-order valence-corrected chi connectivity index (χ4v) is 11.1. The minimum absolute atomic E-state index is 0.0256. The lowest BCUT2D eigenvalue weighted by Crippen LogP contribution is -2.58. The molecule has 0 bridgehead atoms. The van der Waals surface area contributed by atoms with Crippen LogP contribution in [0.3, 0.4) is 0 Å². The third-order valence-electron chi connectivity index (χ3n) is 11.6. The van der Waals surface area contributed by atoms with Crippen LogP contribution in [-0.4, -0.2) is 65.3 Å². The molecule has 0 saturated heterocycles. The maximum Gasteiger partial charge on any atom is 0.471 e. The van der Waals surface area contributed by atoms with Gasteiger partial charge in [0.25, 0.3) is 10.1 Å². The molecular weight excluding hydrogens is 643 g/mol. The monoisotopic (exact) mass is 691 g/mol. The lowest BCUT2D eigenvalue weighted by molar-refractivity contribution is -0.156. The van der Waals surface area contributed by atoms with Gasteiger partial charge in [0.15, 0.2) is 6.79 Å². The molecule has 13 nitrogen and oxygen atoms in total. The first-order chi connectivity index (χ1) is 20.2. The van der Waals surface area contributed by atoms with Crippen LogP contribution < -0.4 is 5.32 Å². The smallest absolute Gasteiger partial charge is 0.355 e. The first-order valence-electron chi connectivity index (χ1n) is 15.5. The molecule has 0 aromatic carbocycles. The van der Waals surface area contributed by atoms with Crippen molar-refractivity contribution in [3.63, 3.8) is 0 Å². The van der Waals surface area contributed by atoms with E-state index in [4.69, 9.17) is 14.3 Å². The molecule has 0 heterocycles. The van der Waals surface area contributed by atoms with Crippen LogP contribution in [0.25, 0.3) is 0 Å². The highest BCUT2D eigenvalue weighted by Gasteiger charge is 2.63. The minimum atomic E-state index is -4.87. The molecule has 0 aliphatic heterocycles. The summed E-state index contributed by atoms with van der Waals surface area (Å²) in [5.41, 5.74) is -0.137. The van der Waals surface area contributed by atoms with Gasteiger partial charge in [0.2, 0.25) is 5.91 Å². The van der Waals surface area contributed by atoms with Crippen molar-refractivity contribution >= 4 is 31.7 Å². The number of carbonyl (C=O) groups is 1. The topological polar surface area (TPSA) is 206 Å². The summed E-state index contributed by atoms with van der Waals surface area (Å²) in [5.74, 6) is 0.0705. The lowest BCUT2D eigenvalue weighted by atomic mass is 9.44. The Morgan fingerprint density at radius 3 is 2.32 bits per heavy atom. The third kappa shape index (κ3) is 8.51. The van der Waals surface area contributed by atoms with Gasteiger partial charge in [-0.25, -0.2) is 17.7 Å². The molecule has 17 heteroatoms.